The van der Waals surface area contributed by atoms with Crippen LogP contribution in [0.4, 0.5) is 0 Å². The van der Waals surface area contributed by atoms with Crippen LogP contribution in [0, 0.1) is 5.92 Å². The summed E-state index contributed by atoms with van der Waals surface area (Å²) in [5.41, 5.74) is -0.0836. The fourth-order valence-electron chi connectivity index (χ4n) is 1.59. The van der Waals surface area contributed by atoms with Gasteiger partial charge in [-0.25, -0.2) is 9.78 Å². The van der Waals surface area contributed by atoms with Crippen LogP contribution < -0.4 is 5.32 Å². The second-order valence-electron chi connectivity index (χ2n) is 4.47. The summed E-state index contributed by atoms with van der Waals surface area (Å²) in [4.78, 5) is 26.2. The highest BCUT2D eigenvalue weighted by Gasteiger charge is 2.17. The molecule has 6 heteroatoms. The van der Waals surface area contributed by atoms with E-state index < -0.39 is 5.97 Å². The third-order valence-electron chi connectivity index (χ3n) is 2.75. The van der Waals surface area contributed by atoms with Gasteiger partial charge in [-0.2, -0.15) is 0 Å². The summed E-state index contributed by atoms with van der Waals surface area (Å²) in [7, 11) is 0. The van der Waals surface area contributed by atoms with Crippen LogP contribution in [0.1, 0.15) is 53.9 Å². The monoisotopic (exact) mass is 270 g/mol. The van der Waals surface area contributed by atoms with Crippen molar-refractivity contribution >= 4 is 23.2 Å². The largest absolute Gasteiger partial charge is 0.476 e. The molecule has 0 fully saturated rings. The van der Waals surface area contributed by atoms with Gasteiger partial charge in [0.2, 0.25) is 0 Å². The zero-order valence-corrected chi connectivity index (χ0v) is 11.6. The molecule has 0 aromatic carbocycles. The Balaban J connectivity index is 2.56. The molecule has 2 atom stereocenters. The van der Waals surface area contributed by atoms with Crippen LogP contribution in [-0.2, 0) is 0 Å². The van der Waals surface area contributed by atoms with E-state index in [0.717, 1.165) is 24.2 Å². The van der Waals surface area contributed by atoms with Crippen LogP contribution in [0.5, 0.6) is 0 Å². The van der Waals surface area contributed by atoms with Crippen LogP contribution in [0.15, 0.2) is 5.38 Å². The van der Waals surface area contributed by atoms with E-state index in [4.69, 9.17) is 5.11 Å². The molecule has 0 saturated carbocycles. The van der Waals surface area contributed by atoms with E-state index in [9.17, 15) is 9.59 Å². The Morgan fingerprint density at radius 3 is 2.67 bits per heavy atom. The van der Waals surface area contributed by atoms with E-state index in [-0.39, 0.29) is 22.7 Å². The average Bonchev–Trinajstić information content (AvgIpc) is 2.77. The second-order valence-corrected chi connectivity index (χ2v) is 5.32. The van der Waals surface area contributed by atoms with E-state index in [1.54, 1.807) is 0 Å². The van der Waals surface area contributed by atoms with Gasteiger partial charge in [-0.3, -0.25) is 4.79 Å². The second kappa shape index (κ2) is 6.49. The van der Waals surface area contributed by atoms with Crippen molar-refractivity contribution < 1.29 is 14.7 Å². The van der Waals surface area contributed by atoms with Gasteiger partial charge in [0.25, 0.3) is 5.91 Å². The number of carbonyl (C=O) groups is 2. The third-order valence-corrected chi connectivity index (χ3v) is 3.59. The van der Waals surface area contributed by atoms with Gasteiger partial charge in [-0.1, -0.05) is 20.3 Å². The number of rotatable bonds is 6. The summed E-state index contributed by atoms with van der Waals surface area (Å²) < 4.78 is 0. The SMILES string of the molecule is CCC(C)CC(C)NC(=O)c1nc(C(=O)O)cs1. The quantitative estimate of drug-likeness (QED) is 0.832. The van der Waals surface area contributed by atoms with Gasteiger partial charge in [0, 0.05) is 11.4 Å². The lowest BCUT2D eigenvalue weighted by molar-refractivity contribution is 0.0691. The molecule has 0 aliphatic carbocycles. The maximum absolute atomic E-state index is 11.8. The summed E-state index contributed by atoms with van der Waals surface area (Å²) in [5.74, 6) is -0.868. The molecular formula is C12H18N2O3S. The number of carbonyl (C=O) groups excluding carboxylic acids is 1. The first-order valence-electron chi connectivity index (χ1n) is 5.93. The smallest absolute Gasteiger partial charge is 0.355 e. The van der Waals surface area contributed by atoms with Gasteiger partial charge in [-0.05, 0) is 19.3 Å². The van der Waals surface area contributed by atoms with Crippen LogP contribution in [-0.4, -0.2) is 28.0 Å². The maximum Gasteiger partial charge on any atom is 0.355 e. The number of amides is 1. The highest BCUT2D eigenvalue weighted by atomic mass is 32.1. The first-order chi connectivity index (χ1) is 8.43. The Labute approximate surface area is 110 Å². The summed E-state index contributed by atoms with van der Waals surface area (Å²) in [6, 6.07) is 0.0598. The molecule has 0 radical (unpaired) electrons. The molecule has 1 aromatic rings. The van der Waals surface area contributed by atoms with Gasteiger partial charge in [0.15, 0.2) is 10.7 Å². The minimum absolute atomic E-state index is 0.0598. The molecule has 1 amide bonds. The van der Waals surface area contributed by atoms with Crippen molar-refractivity contribution in [3.05, 3.63) is 16.1 Å². The van der Waals surface area contributed by atoms with Gasteiger partial charge < -0.3 is 10.4 Å². The molecule has 1 heterocycles. The lowest BCUT2D eigenvalue weighted by Gasteiger charge is -2.16. The molecular weight excluding hydrogens is 252 g/mol. The lowest BCUT2D eigenvalue weighted by atomic mass is 10.0. The molecule has 0 bridgehead atoms. The van der Waals surface area contributed by atoms with Crippen molar-refractivity contribution in [3.8, 4) is 0 Å². The predicted molar refractivity (Wildman–Crippen MR) is 70.1 cm³/mol. The Bertz CT molecular complexity index is 431. The average molecular weight is 270 g/mol. The molecule has 100 valence electrons. The molecule has 0 saturated heterocycles. The maximum atomic E-state index is 11.8. The summed E-state index contributed by atoms with van der Waals surface area (Å²) >= 11 is 1.05. The van der Waals surface area contributed by atoms with E-state index >= 15 is 0 Å². The number of hydrogen-bond acceptors (Lipinski definition) is 4. The Morgan fingerprint density at radius 2 is 2.17 bits per heavy atom. The summed E-state index contributed by atoms with van der Waals surface area (Å²) in [6.45, 7) is 6.18. The standard InChI is InChI=1S/C12H18N2O3S/c1-4-7(2)5-8(3)13-10(15)11-14-9(6-18-11)12(16)17/h6-8H,4-5H2,1-3H3,(H,13,15)(H,16,17). The number of carboxylic acids is 1. The molecule has 1 aromatic heterocycles. The fraction of sp³-hybridized carbons (Fsp3) is 0.583. The Kier molecular flexibility index (Phi) is 5.27. The minimum Gasteiger partial charge on any atom is -0.476 e. The summed E-state index contributed by atoms with van der Waals surface area (Å²) in [5, 5.41) is 13.1. The molecule has 18 heavy (non-hydrogen) atoms. The zero-order valence-electron chi connectivity index (χ0n) is 10.8. The third kappa shape index (κ3) is 4.10. The van der Waals surface area contributed by atoms with E-state index in [1.807, 2.05) is 6.92 Å². The molecule has 0 spiro atoms. The van der Waals surface area contributed by atoms with Crippen LogP contribution in [0.25, 0.3) is 0 Å². The van der Waals surface area contributed by atoms with Crippen LogP contribution in [0.2, 0.25) is 0 Å². The van der Waals surface area contributed by atoms with Crippen LogP contribution >= 0.6 is 11.3 Å². The number of nitrogens with zero attached hydrogens (tertiary/aromatic N) is 1. The van der Waals surface area contributed by atoms with Crippen LogP contribution in [0.3, 0.4) is 0 Å². The number of nitrogens with one attached hydrogen (secondary N) is 1. The molecule has 0 aliphatic rings. The number of aromatic nitrogens is 1. The van der Waals surface area contributed by atoms with Crippen molar-refractivity contribution in [2.45, 2.75) is 39.7 Å². The summed E-state index contributed by atoms with van der Waals surface area (Å²) in [6.07, 6.45) is 1.97. The topological polar surface area (TPSA) is 79.3 Å². The fourth-order valence-corrected chi connectivity index (χ4v) is 2.28. The first kappa shape index (κ1) is 14.6. The van der Waals surface area contributed by atoms with Crippen molar-refractivity contribution in [1.29, 1.82) is 0 Å². The Morgan fingerprint density at radius 1 is 1.50 bits per heavy atom. The minimum atomic E-state index is -1.11. The Hall–Kier alpha value is -1.43. The predicted octanol–water partition coefficient (Wildman–Crippen LogP) is 2.40. The highest BCUT2D eigenvalue weighted by molar-refractivity contribution is 7.11. The number of hydrogen-bond donors (Lipinski definition) is 2. The van der Waals surface area contributed by atoms with Crippen molar-refractivity contribution in [1.82, 2.24) is 10.3 Å². The van der Waals surface area contributed by atoms with Gasteiger partial charge in [0.1, 0.15) is 0 Å². The van der Waals surface area contributed by atoms with Gasteiger partial charge in [-0.15, -0.1) is 11.3 Å². The molecule has 2 unspecified atom stereocenters. The number of thiazole rings is 1. The van der Waals surface area contributed by atoms with E-state index in [2.05, 4.69) is 24.1 Å². The van der Waals surface area contributed by atoms with E-state index in [0.29, 0.717) is 5.92 Å². The zero-order chi connectivity index (χ0) is 13.7. The number of aromatic carboxylic acids is 1. The van der Waals surface area contributed by atoms with Gasteiger partial charge in [0.05, 0.1) is 0 Å². The normalized spacial score (nSPS) is 13.9. The van der Waals surface area contributed by atoms with Crippen molar-refractivity contribution in [3.63, 3.8) is 0 Å². The molecule has 0 aliphatic heterocycles. The van der Waals surface area contributed by atoms with E-state index in [1.165, 1.54) is 5.38 Å². The molecule has 5 nitrogen and oxygen atoms in total. The lowest BCUT2D eigenvalue weighted by Crippen LogP contribution is -2.33. The highest BCUT2D eigenvalue weighted by Crippen LogP contribution is 2.12. The number of carboxylic acid groups (broad SMARTS) is 1. The molecule has 1 rings (SSSR count). The van der Waals surface area contributed by atoms with Crippen molar-refractivity contribution in [2.24, 2.45) is 5.92 Å². The van der Waals surface area contributed by atoms with Crippen molar-refractivity contribution in [2.75, 3.05) is 0 Å². The van der Waals surface area contributed by atoms with Gasteiger partial charge >= 0.3 is 5.97 Å². The molecule has 2 N–H and O–H groups in total. The first-order valence-corrected chi connectivity index (χ1v) is 6.81.